The van der Waals surface area contributed by atoms with Gasteiger partial charge in [-0.1, -0.05) is 12.1 Å². The van der Waals surface area contributed by atoms with E-state index in [9.17, 15) is 14.0 Å². The molecule has 0 spiro atoms. The summed E-state index contributed by atoms with van der Waals surface area (Å²) in [5, 5.41) is 2.70. The maximum absolute atomic E-state index is 12.7. The summed E-state index contributed by atoms with van der Waals surface area (Å²) >= 11 is 0. The minimum atomic E-state index is -0.815. The fourth-order valence-corrected chi connectivity index (χ4v) is 2.04. The van der Waals surface area contributed by atoms with Crippen molar-refractivity contribution < 1.29 is 14.0 Å². The summed E-state index contributed by atoms with van der Waals surface area (Å²) in [4.78, 5) is 24.0. The second-order valence-electron chi connectivity index (χ2n) is 4.67. The van der Waals surface area contributed by atoms with Gasteiger partial charge in [-0.25, -0.2) is 4.39 Å². The number of carbonyl (C=O) groups is 2. The maximum Gasteiger partial charge on any atom is 0.233 e. The number of hydrogen-bond donors (Lipinski definition) is 1. The molecule has 2 rings (SSSR count). The van der Waals surface area contributed by atoms with E-state index in [0.717, 1.165) is 5.56 Å². The van der Waals surface area contributed by atoms with Gasteiger partial charge in [0.1, 0.15) is 11.2 Å². The van der Waals surface area contributed by atoms with Gasteiger partial charge in [0.15, 0.2) is 5.78 Å². The minimum absolute atomic E-state index is 0.0694. The predicted molar refractivity (Wildman–Crippen MR) is 65.5 cm³/mol. The first-order chi connectivity index (χ1) is 8.58. The van der Waals surface area contributed by atoms with Crippen molar-refractivity contribution in [2.45, 2.75) is 26.2 Å². The number of halogens is 1. The molecule has 3 nitrogen and oxygen atoms in total. The quantitative estimate of drug-likeness (QED) is 0.809. The molecule has 96 valence electrons. The van der Waals surface area contributed by atoms with Crippen LogP contribution >= 0.6 is 0 Å². The summed E-state index contributed by atoms with van der Waals surface area (Å²) in [5.41, 5.74) is -0.0679. The molecule has 0 saturated heterocycles. The first-order valence-corrected chi connectivity index (χ1v) is 6.14. The molecule has 1 amide bonds. The van der Waals surface area contributed by atoms with Gasteiger partial charge in [-0.15, -0.1) is 0 Å². The van der Waals surface area contributed by atoms with E-state index >= 15 is 0 Å². The lowest BCUT2D eigenvalue weighted by Crippen LogP contribution is -2.37. The highest BCUT2D eigenvalue weighted by atomic mass is 19.1. The Hall–Kier alpha value is -1.71. The van der Waals surface area contributed by atoms with Crippen molar-refractivity contribution in [1.82, 2.24) is 5.32 Å². The molecule has 1 aromatic rings. The van der Waals surface area contributed by atoms with E-state index in [1.165, 1.54) is 12.1 Å². The van der Waals surface area contributed by atoms with Crippen LogP contribution in [0.2, 0.25) is 0 Å². The van der Waals surface area contributed by atoms with Crippen LogP contribution in [0.15, 0.2) is 24.3 Å². The van der Waals surface area contributed by atoms with E-state index in [0.29, 0.717) is 19.4 Å². The molecule has 1 aliphatic carbocycles. The Morgan fingerprint density at radius 2 is 1.89 bits per heavy atom. The number of benzene rings is 1. The summed E-state index contributed by atoms with van der Waals surface area (Å²) in [7, 11) is 0. The van der Waals surface area contributed by atoms with Crippen LogP contribution in [0.4, 0.5) is 4.39 Å². The highest BCUT2D eigenvalue weighted by Gasteiger charge is 2.55. The van der Waals surface area contributed by atoms with Crippen molar-refractivity contribution in [3.05, 3.63) is 35.6 Å². The number of Topliss-reactive ketones (excluding diaryl/α,β-unsaturated/α-hetero) is 1. The Bertz CT molecular complexity index is 463. The molecule has 0 atom stereocenters. The summed E-state index contributed by atoms with van der Waals surface area (Å²) < 4.78 is 12.7. The topological polar surface area (TPSA) is 46.2 Å². The number of carbonyl (C=O) groups excluding carboxylic acids is 2. The maximum atomic E-state index is 12.7. The van der Waals surface area contributed by atoms with Crippen molar-refractivity contribution in [2.75, 3.05) is 6.54 Å². The largest absolute Gasteiger partial charge is 0.356 e. The summed E-state index contributed by atoms with van der Waals surface area (Å²) in [5.74, 6) is -0.562. The molecular formula is C14H16FNO2. The van der Waals surface area contributed by atoms with E-state index in [1.807, 2.05) is 6.92 Å². The summed E-state index contributed by atoms with van der Waals surface area (Å²) in [6, 6.07) is 5.82. The van der Waals surface area contributed by atoms with E-state index < -0.39 is 5.41 Å². The summed E-state index contributed by atoms with van der Waals surface area (Å²) in [6.45, 7) is 2.36. The average molecular weight is 249 g/mol. The second-order valence-corrected chi connectivity index (χ2v) is 4.67. The third kappa shape index (κ3) is 2.42. The van der Waals surface area contributed by atoms with Crippen LogP contribution in [0.1, 0.15) is 25.3 Å². The first-order valence-electron chi connectivity index (χ1n) is 6.14. The number of nitrogens with one attached hydrogen (secondary N) is 1. The van der Waals surface area contributed by atoms with Gasteiger partial charge in [-0.3, -0.25) is 9.59 Å². The molecule has 1 N–H and O–H groups in total. The summed E-state index contributed by atoms with van der Waals surface area (Å²) in [6.07, 6.45) is 1.44. The molecule has 1 saturated carbocycles. The highest BCUT2D eigenvalue weighted by Crippen LogP contribution is 2.47. The standard InChI is InChI=1S/C14H16FNO2/c1-2-16-13(18)14(7-8-14)12(17)9-10-3-5-11(15)6-4-10/h3-6H,2,7-9H2,1H3,(H,16,18). The molecule has 0 radical (unpaired) electrons. The SMILES string of the molecule is CCNC(=O)C1(C(=O)Cc2ccc(F)cc2)CC1. The Morgan fingerprint density at radius 3 is 2.39 bits per heavy atom. The molecule has 0 aliphatic heterocycles. The minimum Gasteiger partial charge on any atom is -0.356 e. The Balaban J connectivity index is 2.04. The Labute approximate surface area is 105 Å². The lowest BCUT2D eigenvalue weighted by atomic mass is 9.94. The average Bonchev–Trinajstić information content (AvgIpc) is 3.14. The zero-order valence-electron chi connectivity index (χ0n) is 10.3. The zero-order chi connectivity index (χ0) is 13.2. The molecule has 18 heavy (non-hydrogen) atoms. The zero-order valence-corrected chi connectivity index (χ0v) is 10.3. The normalized spacial score (nSPS) is 16.1. The van der Waals surface area contributed by atoms with Gasteiger partial charge in [0.25, 0.3) is 0 Å². The van der Waals surface area contributed by atoms with Crippen LogP contribution in [-0.2, 0) is 16.0 Å². The van der Waals surface area contributed by atoms with Crippen molar-refractivity contribution >= 4 is 11.7 Å². The van der Waals surface area contributed by atoms with E-state index in [4.69, 9.17) is 0 Å². The number of ketones is 1. The van der Waals surface area contributed by atoms with Gasteiger partial charge >= 0.3 is 0 Å². The fourth-order valence-electron chi connectivity index (χ4n) is 2.04. The van der Waals surface area contributed by atoms with Crippen LogP contribution in [0, 0.1) is 11.2 Å². The van der Waals surface area contributed by atoms with Crippen LogP contribution < -0.4 is 5.32 Å². The van der Waals surface area contributed by atoms with Gasteiger partial charge in [-0.05, 0) is 37.5 Å². The smallest absolute Gasteiger partial charge is 0.233 e. The predicted octanol–water partition coefficient (Wildman–Crippen LogP) is 1.85. The van der Waals surface area contributed by atoms with Crippen LogP contribution in [0.5, 0.6) is 0 Å². The molecular weight excluding hydrogens is 233 g/mol. The monoisotopic (exact) mass is 249 g/mol. The highest BCUT2D eigenvalue weighted by molar-refractivity contribution is 6.09. The van der Waals surface area contributed by atoms with Crippen molar-refractivity contribution in [3.63, 3.8) is 0 Å². The first kappa shape index (κ1) is 12.7. The molecule has 1 aliphatic rings. The molecule has 1 fully saturated rings. The second kappa shape index (κ2) is 4.88. The van der Waals surface area contributed by atoms with Crippen molar-refractivity contribution in [3.8, 4) is 0 Å². The number of hydrogen-bond acceptors (Lipinski definition) is 2. The molecule has 0 aromatic heterocycles. The molecule has 1 aromatic carbocycles. The van der Waals surface area contributed by atoms with Crippen LogP contribution in [0.25, 0.3) is 0 Å². The molecule has 0 heterocycles. The van der Waals surface area contributed by atoms with Gasteiger partial charge in [0.2, 0.25) is 5.91 Å². The lowest BCUT2D eigenvalue weighted by molar-refractivity contribution is -0.135. The fraction of sp³-hybridized carbons (Fsp3) is 0.429. The van der Waals surface area contributed by atoms with E-state index in [-0.39, 0.29) is 23.9 Å². The number of amides is 1. The lowest BCUT2D eigenvalue weighted by Gasteiger charge is -2.13. The van der Waals surface area contributed by atoms with Crippen molar-refractivity contribution in [2.24, 2.45) is 5.41 Å². The van der Waals surface area contributed by atoms with Gasteiger partial charge in [0, 0.05) is 13.0 Å². The Morgan fingerprint density at radius 1 is 1.28 bits per heavy atom. The van der Waals surface area contributed by atoms with Gasteiger partial charge < -0.3 is 5.32 Å². The third-order valence-corrected chi connectivity index (χ3v) is 3.33. The molecule has 0 unspecified atom stereocenters. The van der Waals surface area contributed by atoms with Crippen LogP contribution in [-0.4, -0.2) is 18.2 Å². The molecule has 0 bridgehead atoms. The molecule has 4 heteroatoms. The van der Waals surface area contributed by atoms with E-state index in [2.05, 4.69) is 5.32 Å². The van der Waals surface area contributed by atoms with Crippen LogP contribution in [0.3, 0.4) is 0 Å². The van der Waals surface area contributed by atoms with Gasteiger partial charge in [0.05, 0.1) is 0 Å². The van der Waals surface area contributed by atoms with Crippen molar-refractivity contribution in [1.29, 1.82) is 0 Å². The van der Waals surface area contributed by atoms with Gasteiger partial charge in [-0.2, -0.15) is 0 Å². The third-order valence-electron chi connectivity index (χ3n) is 3.33. The number of rotatable bonds is 5. The Kier molecular flexibility index (Phi) is 3.45. The van der Waals surface area contributed by atoms with E-state index in [1.54, 1.807) is 12.1 Å².